The van der Waals surface area contributed by atoms with Crippen LogP contribution in [0.15, 0.2) is 35.3 Å². The fourth-order valence-electron chi connectivity index (χ4n) is 3.09. The topological polar surface area (TPSA) is 42.9 Å². The summed E-state index contributed by atoms with van der Waals surface area (Å²) in [6, 6.07) is 10.4. The van der Waals surface area contributed by atoms with Crippen molar-refractivity contribution in [3.63, 3.8) is 0 Å². The molecule has 1 aliphatic heterocycles. The lowest BCUT2D eigenvalue weighted by molar-refractivity contribution is 0.136. The Bertz CT molecular complexity index is 480. The lowest BCUT2D eigenvalue weighted by atomic mass is 10.2. The van der Waals surface area contributed by atoms with E-state index in [2.05, 4.69) is 63.5 Å². The summed E-state index contributed by atoms with van der Waals surface area (Å²) in [6.45, 7) is 14.3. The van der Waals surface area contributed by atoms with Gasteiger partial charge in [-0.1, -0.05) is 37.3 Å². The van der Waals surface area contributed by atoms with Crippen molar-refractivity contribution in [1.29, 1.82) is 0 Å². The first-order chi connectivity index (χ1) is 12.3. The maximum Gasteiger partial charge on any atom is 0.191 e. The van der Waals surface area contributed by atoms with E-state index in [9.17, 15) is 0 Å². The van der Waals surface area contributed by atoms with E-state index in [0.717, 1.165) is 25.6 Å². The highest BCUT2D eigenvalue weighted by Gasteiger charge is 2.14. The quantitative estimate of drug-likeness (QED) is 0.409. The van der Waals surface area contributed by atoms with Gasteiger partial charge in [0.15, 0.2) is 5.96 Å². The van der Waals surface area contributed by atoms with Crippen LogP contribution >= 0.6 is 0 Å². The van der Waals surface area contributed by atoms with Crippen LogP contribution in [0.2, 0.25) is 0 Å². The molecule has 0 radical (unpaired) electrons. The minimum absolute atomic E-state index is 0.720. The molecule has 0 bridgehead atoms. The second-order valence-corrected chi connectivity index (χ2v) is 6.59. The summed E-state index contributed by atoms with van der Waals surface area (Å²) in [5, 5.41) is 6.78. The summed E-state index contributed by atoms with van der Waals surface area (Å²) < 4.78 is 0. The number of piperazine rings is 1. The molecule has 0 aliphatic carbocycles. The molecule has 5 heteroatoms. The van der Waals surface area contributed by atoms with E-state index in [1.807, 2.05) is 6.07 Å². The van der Waals surface area contributed by atoms with Crippen molar-refractivity contribution < 1.29 is 0 Å². The number of guanidine groups is 1. The number of hydrogen-bond acceptors (Lipinski definition) is 3. The lowest BCUT2D eigenvalue weighted by Gasteiger charge is -2.34. The first-order valence-electron chi connectivity index (χ1n) is 9.82. The first-order valence-corrected chi connectivity index (χ1v) is 9.82. The maximum absolute atomic E-state index is 4.67. The molecule has 1 aliphatic rings. The van der Waals surface area contributed by atoms with Crippen LogP contribution < -0.4 is 10.6 Å². The van der Waals surface area contributed by atoms with E-state index in [1.54, 1.807) is 0 Å². The number of nitrogens with zero attached hydrogens (tertiary/aromatic N) is 3. The molecule has 0 aromatic heterocycles. The Morgan fingerprint density at radius 1 is 0.960 bits per heavy atom. The Labute approximate surface area is 153 Å². The first kappa shape index (κ1) is 19.7. The highest BCUT2D eigenvalue weighted by molar-refractivity contribution is 5.79. The molecule has 0 spiro atoms. The molecule has 2 rings (SSSR count). The number of rotatable bonds is 9. The van der Waals surface area contributed by atoms with Gasteiger partial charge in [-0.2, -0.15) is 0 Å². The molecule has 140 valence electrons. The summed E-state index contributed by atoms with van der Waals surface area (Å²) in [5.74, 6) is 0.919. The third kappa shape index (κ3) is 7.88. The van der Waals surface area contributed by atoms with Gasteiger partial charge in [-0.3, -0.25) is 0 Å². The van der Waals surface area contributed by atoms with Gasteiger partial charge in [-0.25, -0.2) is 4.99 Å². The summed E-state index contributed by atoms with van der Waals surface area (Å²) in [6.07, 6.45) is 2.43. The fraction of sp³-hybridized carbons (Fsp3) is 0.650. The Hall–Kier alpha value is -1.59. The minimum Gasteiger partial charge on any atom is -0.357 e. The van der Waals surface area contributed by atoms with E-state index < -0.39 is 0 Å². The van der Waals surface area contributed by atoms with Gasteiger partial charge in [0.25, 0.3) is 0 Å². The van der Waals surface area contributed by atoms with Crippen molar-refractivity contribution in [1.82, 2.24) is 20.4 Å². The third-order valence-electron chi connectivity index (χ3n) is 4.71. The summed E-state index contributed by atoms with van der Waals surface area (Å²) >= 11 is 0. The molecule has 2 N–H and O–H groups in total. The van der Waals surface area contributed by atoms with Crippen LogP contribution in [0.1, 0.15) is 32.3 Å². The molecule has 1 saturated heterocycles. The van der Waals surface area contributed by atoms with E-state index >= 15 is 0 Å². The average Bonchev–Trinajstić information content (AvgIpc) is 2.67. The van der Waals surface area contributed by atoms with Crippen molar-refractivity contribution >= 4 is 5.96 Å². The molecule has 0 saturated carbocycles. The Morgan fingerprint density at radius 2 is 1.68 bits per heavy atom. The van der Waals surface area contributed by atoms with Gasteiger partial charge < -0.3 is 20.4 Å². The molecular formula is C20H35N5. The van der Waals surface area contributed by atoms with Crippen LogP contribution in [-0.4, -0.2) is 68.1 Å². The normalized spacial score (nSPS) is 16.8. The van der Waals surface area contributed by atoms with Crippen LogP contribution in [0.3, 0.4) is 0 Å². The Morgan fingerprint density at radius 3 is 2.36 bits per heavy atom. The zero-order chi connectivity index (χ0) is 17.7. The standard InChI is InChI=1S/C20H35N5/c1-3-21-20(23-18-19-10-6-5-7-11-19)22-12-8-9-13-25-16-14-24(4-2)15-17-25/h5-7,10-11H,3-4,8-9,12-18H2,1-2H3,(H2,21,22,23). The van der Waals surface area contributed by atoms with E-state index in [-0.39, 0.29) is 0 Å². The molecule has 1 heterocycles. The van der Waals surface area contributed by atoms with Gasteiger partial charge in [0.2, 0.25) is 0 Å². The number of likely N-dealkylation sites (N-methyl/N-ethyl adjacent to an activating group) is 1. The Kier molecular flexibility index (Phi) is 9.37. The van der Waals surface area contributed by atoms with Gasteiger partial charge in [0, 0.05) is 39.3 Å². The number of nitrogens with one attached hydrogen (secondary N) is 2. The number of hydrogen-bond donors (Lipinski definition) is 2. The van der Waals surface area contributed by atoms with E-state index in [0.29, 0.717) is 0 Å². The van der Waals surface area contributed by atoms with Crippen molar-refractivity contribution in [2.75, 3.05) is 52.4 Å². The lowest BCUT2D eigenvalue weighted by Crippen LogP contribution is -2.46. The molecule has 0 atom stereocenters. The van der Waals surface area contributed by atoms with Crippen LogP contribution in [0, 0.1) is 0 Å². The van der Waals surface area contributed by atoms with Crippen LogP contribution in [0.25, 0.3) is 0 Å². The predicted octanol–water partition coefficient (Wildman–Crippen LogP) is 2.16. The monoisotopic (exact) mass is 345 g/mol. The zero-order valence-corrected chi connectivity index (χ0v) is 16.0. The van der Waals surface area contributed by atoms with Crippen LogP contribution in [-0.2, 0) is 6.54 Å². The molecular weight excluding hydrogens is 310 g/mol. The smallest absolute Gasteiger partial charge is 0.191 e. The molecule has 5 nitrogen and oxygen atoms in total. The summed E-state index contributed by atoms with van der Waals surface area (Å²) in [5.41, 5.74) is 1.24. The molecule has 1 aromatic rings. The average molecular weight is 346 g/mol. The number of aliphatic imine (C=N–C) groups is 1. The second kappa shape index (κ2) is 11.9. The van der Waals surface area contributed by atoms with Crippen molar-refractivity contribution in [2.24, 2.45) is 4.99 Å². The fourth-order valence-corrected chi connectivity index (χ4v) is 3.09. The van der Waals surface area contributed by atoms with E-state index in [4.69, 9.17) is 0 Å². The number of unbranched alkanes of at least 4 members (excludes halogenated alkanes) is 1. The van der Waals surface area contributed by atoms with Crippen molar-refractivity contribution in [2.45, 2.75) is 33.2 Å². The van der Waals surface area contributed by atoms with Gasteiger partial charge in [-0.05, 0) is 38.4 Å². The van der Waals surface area contributed by atoms with Gasteiger partial charge >= 0.3 is 0 Å². The molecule has 0 amide bonds. The largest absolute Gasteiger partial charge is 0.357 e. The zero-order valence-electron chi connectivity index (χ0n) is 16.0. The van der Waals surface area contributed by atoms with Crippen LogP contribution in [0.5, 0.6) is 0 Å². The predicted molar refractivity (Wildman–Crippen MR) is 107 cm³/mol. The van der Waals surface area contributed by atoms with Gasteiger partial charge in [0.1, 0.15) is 0 Å². The molecule has 25 heavy (non-hydrogen) atoms. The third-order valence-corrected chi connectivity index (χ3v) is 4.71. The van der Waals surface area contributed by atoms with Crippen molar-refractivity contribution in [3.8, 4) is 0 Å². The van der Waals surface area contributed by atoms with Crippen LogP contribution in [0.4, 0.5) is 0 Å². The molecule has 1 aromatic carbocycles. The maximum atomic E-state index is 4.67. The molecule has 1 fully saturated rings. The summed E-state index contributed by atoms with van der Waals surface area (Å²) in [7, 11) is 0. The summed E-state index contributed by atoms with van der Waals surface area (Å²) in [4.78, 5) is 9.80. The van der Waals surface area contributed by atoms with Gasteiger partial charge in [-0.15, -0.1) is 0 Å². The Balaban J connectivity index is 1.61. The molecule has 0 unspecified atom stereocenters. The second-order valence-electron chi connectivity index (χ2n) is 6.59. The number of benzene rings is 1. The minimum atomic E-state index is 0.720. The SMILES string of the molecule is CCNC(=NCc1ccccc1)NCCCCN1CCN(CC)CC1. The highest BCUT2D eigenvalue weighted by atomic mass is 15.3. The van der Waals surface area contributed by atoms with Crippen molar-refractivity contribution in [3.05, 3.63) is 35.9 Å². The highest BCUT2D eigenvalue weighted by Crippen LogP contribution is 2.03. The van der Waals surface area contributed by atoms with Gasteiger partial charge in [0.05, 0.1) is 6.54 Å². The van der Waals surface area contributed by atoms with E-state index in [1.165, 1.54) is 57.7 Å².